The number of benzene rings is 1. The largest absolute Gasteiger partial charge is 0.386 e. The van der Waals surface area contributed by atoms with Crippen LogP contribution in [-0.4, -0.2) is 41.7 Å². The first-order chi connectivity index (χ1) is 10.8. The maximum atomic E-state index is 10.5. The van der Waals surface area contributed by atoms with E-state index in [0.717, 1.165) is 10.9 Å². The molecule has 0 radical (unpaired) electrons. The van der Waals surface area contributed by atoms with Crippen LogP contribution in [0, 0.1) is 0 Å². The fraction of sp³-hybridized carbons (Fsp3) is 0.556. The van der Waals surface area contributed by atoms with Crippen molar-refractivity contribution in [3.63, 3.8) is 0 Å². The smallest absolute Gasteiger partial charge is 0.101 e. The van der Waals surface area contributed by atoms with Gasteiger partial charge in [0.15, 0.2) is 0 Å². The molecule has 3 nitrogen and oxygen atoms in total. The number of fused-ring (bicyclic) bond motifs is 2. The number of thiophene rings is 1. The van der Waals surface area contributed by atoms with Crippen molar-refractivity contribution in [1.29, 1.82) is 0 Å². The lowest BCUT2D eigenvalue weighted by molar-refractivity contribution is 0.140. The third-order valence-corrected chi connectivity index (χ3v) is 6.41. The summed E-state index contributed by atoms with van der Waals surface area (Å²) in [6, 6.07) is 11.8. The van der Waals surface area contributed by atoms with Crippen LogP contribution in [0.15, 0.2) is 30.3 Å². The molecule has 0 spiro atoms. The van der Waals surface area contributed by atoms with E-state index in [1.807, 2.05) is 0 Å². The maximum Gasteiger partial charge on any atom is 0.101 e. The van der Waals surface area contributed by atoms with Gasteiger partial charge in [-0.15, -0.1) is 11.3 Å². The predicted octanol–water partition coefficient (Wildman–Crippen LogP) is 3.15. The summed E-state index contributed by atoms with van der Waals surface area (Å²) in [5.41, 5.74) is 0. The van der Waals surface area contributed by atoms with Crippen LogP contribution in [0.4, 0.5) is 0 Å². The molecule has 1 aromatic carbocycles. The standard InChI is InChI=1S/C18H24N2OS/c21-16(18-10-13-4-1-2-6-17(13)22-18)12-19-14-7-9-20-8-3-5-15(20)11-14/h1-2,4,6,10,14-16,19,21H,3,5,7-9,11-12H2. The molecule has 0 aliphatic carbocycles. The quantitative estimate of drug-likeness (QED) is 0.909. The molecule has 2 aliphatic rings. The number of nitrogens with one attached hydrogen (secondary N) is 1. The highest BCUT2D eigenvalue weighted by Crippen LogP contribution is 2.30. The summed E-state index contributed by atoms with van der Waals surface area (Å²) in [4.78, 5) is 3.72. The Morgan fingerprint density at radius 2 is 2.18 bits per heavy atom. The van der Waals surface area contributed by atoms with Gasteiger partial charge < -0.3 is 15.3 Å². The second kappa shape index (κ2) is 6.28. The molecule has 0 saturated carbocycles. The van der Waals surface area contributed by atoms with Gasteiger partial charge >= 0.3 is 0 Å². The van der Waals surface area contributed by atoms with E-state index < -0.39 is 0 Å². The summed E-state index contributed by atoms with van der Waals surface area (Å²) in [5, 5.41) is 15.3. The summed E-state index contributed by atoms with van der Waals surface area (Å²) in [6.45, 7) is 3.19. The van der Waals surface area contributed by atoms with Crippen LogP contribution >= 0.6 is 11.3 Å². The molecular weight excluding hydrogens is 292 g/mol. The average molecular weight is 316 g/mol. The summed E-state index contributed by atoms with van der Waals surface area (Å²) in [5.74, 6) is 0. The van der Waals surface area contributed by atoms with Crippen LogP contribution < -0.4 is 5.32 Å². The Balaban J connectivity index is 1.35. The first-order valence-electron chi connectivity index (χ1n) is 8.43. The van der Waals surface area contributed by atoms with Crippen LogP contribution in [0.1, 0.15) is 36.7 Å². The van der Waals surface area contributed by atoms with Crippen LogP contribution in [0.5, 0.6) is 0 Å². The number of nitrogens with zero attached hydrogens (tertiary/aromatic N) is 1. The molecule has 118 valence electrons. The molecule has 4 rings (SSSR count). The second-order valence-electron chi connectivity index (χ2n) is 6.66. The summed E-state index contributed by atoms with van der Waals surface area (Å²) in [6.07, 6.45) is 4.80. The van der Waals surface area contributed by atoms with E-state index >= 15 is 0 Å². The van der Waals surface area contributed by atoms with Gasteiger partial charge in [-0.1, -0.05) is 18.2 Å². The zero-order valence-corrected chi connectivity index (χ0v) is 13.7. The number of hydrogen-bond acceptors (Lipinski definition) is 4. The Bertz CT molecular complexity index is 608. The summed E-state index contributed by atoms with van der Waals surface area (Å²) in [7, 11) is 0. The minimum Gasteiger partial charge on any atom is -0.386 e. The number of rotatable bonds is 4. The van der Waals surface area contributed by atoms with Crippen LogP contribution in [0.25, 0.3) is 10.1 Å². The fourth-order valence-electron chi connectivity index (χ4n) is 3.96. The molecule has 0 bridgehead atoms. The summed E-state index contributed by atoms with van der Waals surface area (Å²) >= 11 is 1.71. The van der Waals surface area contributed by atoms with Gasteiger partial charge in [-0.2, -0.15) is 0 Å². The van der Waals surface area contributed by atoms with Gasteiger partial charge in [-0.05, 0) is 56.3 Å². The van der Waals surface area contributed by atoms with E-state index in [4.69, 9.17) is 0 Å². The Hall–Kier alpha value is -0.940. The molecule has 3 heterocycles. The molecule has 2 saturated heterocycles. The lowest BCUT2D eigenvalue weighted by Crippen LogP contribution is -2.46. The summed E-state index contributed by atoms with van der Waals surface area (Å²) < 4.78 is 1.26. The van der Waals surface area contributed by atoms with E-state index in [1.165, 1.54) is 48.9 Å². The zero-order chi connectivity index (χ0) is 14.9. The molecule has 1 aromatic heterocycles. The lowest BCUT2D eigenvalue weighted by Gasteiger charge is -2.35. The van der Waals surface area contributed by atoms with Gasteiger partial charge in [0.25, 0.3) is 0 Å². The van der Waals surface area contributed by atoms with Crippen molar-refractivity contribution in [2.45, 2.75) is 43.9 Å². The molecule has 22 heavy (non-hydrogen) atoms. The SMILES string of the molecule is OC(CNC1CCN2CCCC2C1)c1cc2ccccc2s1. The van der Waals surface area contributed by atoms with Crippen molar-refractivity contribution in [2.75, 3.05) is 19.6 Å². The Kier molecular flexibility index (Phi) is 4.18. The van der Waals surface area contributed by atoms with Gasteiger partial charge in [0.2, 0.25) is 0 Å². The van der Waals surface area contributed by atoms with Crippen molar-refractivity contribution in [3.05, 3.63) is 35.2 Å². The molecule has 2 aliphatic heterocycles. The predicted molar refractivity (Wildman–Crippen MR) is 92.4 cm³/mol. The molecule has 3 atom stereocenters. The fourth-order valence-corrected chi connectivity index (χ4v) is 5.01. The Morgan fingerprint density at radius 3 is 3.09 bits per heavy atom. The van der Waals surface area contributed by atoms with Crippen LogP contribution in [0.3, 0.4) is 0 Å². The van der Waals surface area contributed by atoms with Crippen molar-refractivity contribution in [3.8, 4) is 0 Å². The minimum atomic E-state index is -0.390. The van der Waals surface area contributed by atoms with Crippen molar-refractivity contribution in [1.82, 2.24) is 10.2 Å². The maximum absolute atomic E-state index is 10.5. The van der Waals surface area contributed by atoms with E-state index in [0.29, 0.717) is 12.6 Å². The van der Waals surface area contributed by atoms with Crippen molar-refractivity contribution >= 4 is 21.4 Å². The molecule has 2 N–H and O–H groups in total. The van der Waals surface area contributed by atoms with Gasteiger partial charge in [-0.25, -0.2) is 0 Å². The lowest BCUT2D eigenvalue weighted by atomic mass is 9.97. The number of aliphatic hydroxyl groups excluding tert-OH is 1. The highest BCUT2D eigenvalue weighted by atomic mass is 32.1. The highest BCUT2D eigenvalue weighted by Gasteiger charge is 2.31. The Labute approximate surface area is 135 Å². The molecule has 2 fully saturated rings. The molecule has 0 amide bonds. The number of aliphatic hydroxyl groups is 1. The molecule has 2 aromatic rings. The monoisotopic (exact) mass is 316 g/mol. The van der Waals surface area contributed by atoms with E-state index in [2.05, 4.69) is 40.5 Å². The first-order valence-corrected chi connectivity index (χ1v) is 9.25. The van der Waals surface area contributed by atoms with Gasteiger partial charge in [0.05, 0.1) is 0 Å². The van der Waals surface area contributed by atoms with Crippen LogP contribution in [0.2, 0.25) is 0 Å². The zero-order valence-electron chi connectivity index (χ0n) is 12.9. The van der Waals surface area contributed by atoms with Gasteiger partial charge in [0, 0.05) is 28.2 Å². The van der Waals surface area contributed by atoms with E-state index in [9.17, 15) is 5.11 Å². The van der Waals surface area contributed by atoms with Gasteiger partial charge in [-0.3, -0.25) is 0 Å². The Morgan fingerprint density at radius 1 is 1.27 bits per heavy atom. The first kappa shape index (κ1) is 14.6. The van der Waals surface area contributed by atoms with Crippen LogP contribution in [-0.2, 0) is 0 Å². The second-order valence-corrected chi connectivity index (χ2v) is 7.78. The van der Waals surface area contributed by atoms with Crippen molar-refractivity contribution < 1.29 is 5.11 Å². The third-order valence-electron chi connectivity index (χ3n) is 5.19. The number of piperidine rings is 1. The molecule has 4 heteroatoms. The van der Waals surface area contributed by atoms with Gasteiger partial charge in [0.1, 0.15) is 6.10 Å². The third kappa shape index (κ3) is 2.93. The minimum absolute atomic E-state index is 0.390. The average Bonchev–Trinajstić information content (AvgIpc) is 3.18. The number of hydrogen-bond donors (Lipinski definition) is 2. The normalized spacial score (nSPS) is 27.1. The van der Waals surface area contributed by atoms with E-state index in [1.54, 1.807) is 11.3 Å². The molecular formula is C18H24N2OS. The molecule has 3 unspecified atom stereocenters. The highest BCUT2D eigenvalue weighted by molar-refractivity contribution is 7.19. The topological polar surface area (TPSA) is 35.5 Å². The van der Waals surface area contributed by atoms with E-state index in [-0.39, 0.29) is 6.10 Å². The van der Waals surface area contributed by atoms with Crippen molar-refractivity contribution in [2.24, 2.45) is 0 Å².